The molecule has 2 rings (SSSR count). The van der Waals surface area contributed by atoms with Crippen molar-refractivity contribution in [3.63, 3.8) is 0 Å². The molecule has 84 valence electrons. The smallest absolute Gasteiger partial charge is 0.240 e. The van der Waals surface area contributed by atoms with Gasteiger partial charge in [-0.25, -0.2) is 0 Å². The number of likely N-dealkylation sites (tertiary alicyclic amines) is 1. The van der Waals surface area contributed by atoms with Gasteiger partial charge in [0.2, 0.25) is 11.8 Å². The highest BCUT2D eigenvalue weighted by atomic mass is 16.2. The number of primary amides is 1. The Kier molecular flexibility index (Phi) is 2.42. The van der Waals surface area contributed by atoms with E-state index in [0.29, 0.717) is 19.5 Å². The average Bonchev–Trinajstić information content (AvgIpc) is 2.50. The van der Waals surface area contributed by atoms with Crippen LogP contribution in [0.25, 0.3) is 0 Å². The third kappa shape index (κ3) is 1.61. The second-order valence-corrected chi connectivity index (χ2v) is 4.69. The van der Waals surface area contributed by atoms with Gasteiger partial charge < -0.3 is 16.0 Å². The molecule has 0 aromatic heterocycles. The summed E-state index contributed by atoms with van der Waals surface area (Å²) in [6, 6.07) is -0.366. The van der Waals surface area contributed by atoms with Crippen LogP contribution in [0, 0.1) is 5.41 Å². The second kappa shape index (κ2) is 3.48. The molecule has 2 fully saturated rings. The van der Waals surface area contributed by atoms with Gasteiger partial charge in [-0.2, -0.15) is 0 Å². The van der Waals surface area contributed by atoms with Crippen molar-refractivity contribution in [1.82, 2.24) is 10.2 Å². The lowest BCUT2D eigenvalue weighted by Crippen LogP contribution is -2.60. The molecule has 2 heterocycles. The first-order valence-electron chi connectivity index (χ1n) is 5.36. The van der Waals surface area contributed by atoms with Gasteiger partial charge in [-0.05, 0) is 26.3 Å². The summed E-state index contributed by atoms with van der Waals surface area (Å²) in [4.78, 5) is 24.8. The summed E-state index contributed by atoms with van der Waals surface area (Å²) < 4.78 is 0. The van der Waals surface area contributed by atoms with Crippen molar-refractivity contribution in [2.24, 2.45) is 11.1 Å². The number of nitrogens with one attached hydrogen (secondary N) is 1. The van der Waals surface area contributed by atoms with E-state index in [1.807, 2.05) is 6.92 Å². The molecule has 2 saturated heterocycles. The number of carbonyl (C=O) groups excluding carboxylic acids is 2. The van der Waals surface area contributed by atoms with E-state index in [-0.39, 0.29) is 23.3 Å². The van der Waals surface area contributed by atoms with E-state index in [9.17, 15) is 9.59 Å². The van der Waals surface area contributed by atoms with E-state index >= 15 is 0 Å². The van der Waals surface area contributed by atoms with Gasteiger partial charge >= 0.3 is 0 Å². The Labute approximate surface area is 89.0 Å². The molecule has 0 aromatic carbocycles. The Morgan fingerprint density at radius 1 is 1.53 bits per heavy atom. The minimum atomic E-state index is -0.385. The Morgan fingerprint density at radius 2 is 2.27 bits per heavy atom. The van der Waals surface area contributed by atoms with Gasteiger partial charge in [0, 0.05) is 13.1 Å². The number of nitrogens with two attached hydrogens (primary N) is 1. The standard InChI is InChI=1S/C10H17N3O2/c1-10(3-4-12-6-10)9(15)13-5-2-7(13)8(11)14/h7,12H,2-6H2,1H3,(H2,11,14). The van der Waals surface area contributed by atoms with E-state index in [2.05, 4.69) is 5.32 Å². The Balaban J connectivity index is 2.05. The van der Waals surface area contributed by atoms with Crippen molar-refractivity contribution >= 4 is 11.8 Å². The topological polar surface area (TPSA) is 75.4 Å². The number of hydrogen-bond acceptors (Lipinski definition) is 3. The quantitative estimate of drug-likeness (QED) is 0.620. The molecule has 3 N–H and O–H groups in total. The summed E-state index contributed by atoms with van der Waals surface area (Å²) in [5.41, 5.74) is 4.88. The van der Waals surface area contributed by atoms with E-state index < -0.39 is 0 Å². The van der Waals surface area contributed by atoms with Gasteiger partial charge in [0.25, 0.3) is 0 Å². The zero-order valence-electron chi connectivity index (χ0n) is 8.95. The molecule has 0 saturated carbocycles. The zero-order valence-corrected chi connectivity index (χ0v) is 8.95. The number of amides is 2. The van der Waals surface area contributed by atoms with Gasteiger partial charge in [0.05, 0.1) is 5.41 Å². The average molecular weight is 211 g/mol. The monoisotopic (exact) mass is 211 g/mol. The number of rotatable bonds is 2. The van der Waals surface area contributed by atoms with Crippen LogP contribution in [0.1, 0.15) is 19.8 Å². The molecule has 15 heavy (non-hydrogen) atoms. The molecule has 5 nitrogen and oxygen atoms in total. The van der Waals surface area contributed by atoms with Gasteiger partial charge in [-0.3, -0.25) is 9.59 Å². The molecule has 0 radical (unpaired) electrons. The number of hydrogen-bond donors (Lipinski definition) is 2. The molecule has 5 heteroatoms. The van der Waals surface area contributed by atoms with Gasteiger partial charge in [0.15, 0.2) is 0 Å². The second-order valence-electron chi connectivity index (χ2n) is 4.69. The maximum Gasteiger partial charge on any atom is 0.240 e. The molecular formula is C10H17N3O2. The van der Waals surface area contributed by atoms with Crippen LogP contribution in [0.15, 0.2) is 0 Å². The molecule has 2 unspecified atom stereocenters. The highest BCUT2D eigenvalue weighted by Crippen LogP contribution is 2.31. The normalized spacial score (nSPS) is 35.0. The summed E-state index contributed by atoms with van der Waals surface area (Å²) in [6.45, 7) is 4.19. The van der Waals surface area contributed by atoms with Gasteiger partial charge in [-0.15, -0.1) is 0 Å². The first kappa shape index (κ1) is 10.4. The molecule has 2 aliphatic rings. The van der Waals surface area contributed by atoms with Crippen molar-refractivity contribution in [3.05, 3.63) is 0 Å². The summed E-state index contributed by atoms with van der Waals surface area (Å²) in [6.07, 6.45) is 1.55. The summed E-state index contributed by atoms with van der Waals surface area (Å²) in [5, 5.41) is 3.18. The third-order valence-corrected chi connectivity index (χ3v) is 3.49. The Hall–Kier alpha value is -1.10. The van der Waals surface area contributed by atoms with Crippen LogP contribution in [0.2, 0.25) is 0 Å². The fraction of sp³-hybridized carbons (Fsp3) is 0.800. The largest absolute Gasteiger partial charge is 0.368 e. The van der Waals surface area contributed by atoms with Crippen molar-refractivity contribution in [1.29, 1.82) is 0 Å². The van der Waals surface area contributed by atoms with E-state index in [0.717, 1.165) is 13.0 Å². The van der Waals surface area contributed by atoms with Crippen LogP contribution in [-0.4, -0.2) is 42.4 Å². The number of carbonyl (C=O) groups is 2. The minimum absolute atomic E-state index is 0.0718. The van der Waals surface area contributed by atoms with Crippen LogP contribution in [0.3, 0.4) is 0 Å². The number of nitrogens with zero attached hydrogens (tertiary/aromatic N) is 1. The van der Waals surface area contributed by atoms with Gasteiger partial charge in [-0.1, -0.05) is 0 Å². The first-order valence-corrected chi connectivity index (χ1v) is 5.36. The lowest BCUT2D eigenvalue weighted by Gasteiger charge is -2.42. The summed E-state index contributed by atoms with van der Waals surface area (Å²) in [5.74, 6) is -0.313. The van der Waals surface area contributed by atoms with Crippen molar-refractivity contribution in [2.75, 3.05) is 19.6 Å². The van der Waals surface area contributed by atoms with Crippen LogP contribution in [0.5, 0.6) is 0 Å². The molecule has 2 amide bonds. The van der Waals surface area contributed by atoms with Crippen molar-refractivity contribution < 1.29 is 9.59 Å². The molecule has 2 aliphatic heterocycles. The van der Waals surface area contributed by atoms with Crippen LogP contribution < -0.4 is 11.1 Å². The first-order chi connectivity index (χ1) is 7.04. The maximum atomic E-state index is 12.1. The van der Waals surface area contributed by atoms with Crippen LogP contribution in [0.4, 0.5) is 0 Å². The van der Waals surface area contributed by atoms with E-state index in [4.69, 9.17) is 5.73 Å². The predicted octanol–water partition coefficient (Wildman–Crippen LogP) is -0.928. The van der Waals surface area contributed by atoms with E-state index in [1.54, 1.807) is 4.90 Å². The minimum Gasteiger partial charge on any atom is -0.368 e. The lowest BCUT2D eigenvalue weighted by molar-refractivity contribution is -0.153. The highest BCUT2D eigenvalue weighted by Gasteiger charge is 2.45. The molecule has 0 bridgehead atoms. The fourth-order valence-electron chi connectivity index (χ4n) is 2.27. The molecule has 2 atom stereocenters. The highest BCUT2D eigenvalue weighted by molar-refractivity contribution is 5.91. The molecule has 0 aliphatic carbocycles. The predicted molar refractivity (Wildman–Crippen MR) is 54.9 cm³/mol. The van der Waals surface area contributed by atoms with E-state index in [1.165, 1.54) is 0 Å². The molecule has 0 aromatic rings. The zero-order chi connectivity index (χ0) is 11.1. The van der Waals surface area contributed by atoms with Crippen LogP contribution >= 0.6 is 0 Å². The third-order valence-electron chi connectivity index (χ3n) is 3.49. The molecule has 0 spiro atoms. The van der Waals surface area contributed by atoms with Gasteiger partial charge in [0.1, 0.15) is 6.04 Å². The lowest BCUT2D eigenvalue weighted by atomic mass is 9.85. The Morgan fingerprint density at radius 3 is 2.67 bits per heavy atom. The fourth-order valence-corrected chi connectivity index (χ4v) is 2.27. The van der Waals surface area contributed by atoms with Crippen LogP contribution in [-0.2, 0) is 9.59 Å². The van der Waals surface area contributed by atoms with Crippen molar-refractivity contribution in [2.45, 2.75) is 25.8 Å². The maximum absolute atomic E-state index is 12.1. The Bertz CT molecular complexity index is 297. The summed E-state index contributed by atoms with van der Waals surface area (Å²) >= 11 is 0. The molecular weight excluding hydrogens is 194 g/mol. The summed E-state index contributed by atoms with van der Waals surface area (Å²) in [7, 11) is 0. The van der Waals surface area contributed by atoms with Crippen molar-refractivity contribution in [3.8, 4) is 0 Å². The SMILES string of the molecule is CC1(C(=O)N2CCC2C(N)=O)CCNC1.